The van der Waals surface area contributed by atoms with E-state index in [1.54, 1.807) is 0 Å². The molecule has 0 aromatic heterocycles. The van der Waals surface area contributed by atoms with E-state index in [4.69, 9.17) is 0 Å². The molecule has 2 aliphatic carbocycles. The molecule has 0 atom stereocenters. The molecule has 0 saturated heterocycles. The van der Waals surface area contributed by atoms with E-state index in [1.807, 2.05) is 12.2 Å². The van der Waals surface area contributed by atoms with E-state index < -0.39 is 8.07 Å². The van der Waals surface area contributed by atoms with Crippen molar-refractivity contribution in [1.29, 1.82) is 0 Å². The Kier molecular flexibility index (Phi) is 25.9. The summed E-state index contributed by atoms with van der Waals surface area (Å²) in [6.45, 7) is 11.5. The van der Waals surface area contributed by atoms with Crippen LogP contribution in [0.3, 0.4) is 0 Å². The van der Waals surface area contributed by atoms with Crippen LogP contribution in [0.2, 0.25) is 32.7 Å². The molecule has 0 fully saturated rings. The van der Waals surface area contributed by atoms with Gasteiger partial charge in [-0.25, -0.2) is 23.4 Å². The van der Waals surface area contributed by atoms with Gasteiger partial charge in [-0.1, -0.05) is 32.7 Å². The van der Waals surface area contributed by atoms with Crippen molar-refractivity contribution in [3.05, 3.63) is 47.7 Å². The van der Waals surface area contributed by atoms with Crippen LogP contribution in [0.5, 0.6) is 0 Å². The SMILES string of the molecule is C[SiH]C.C[Si](C)(C)C1=[C-]CC=C1.Cl.Cl.[C-]1=CC=CC1.[Zr+2]. The van der Waals surface area contributed by atoms with E-state index in [-0.39, 0.29) is 51.0 Å². The van der Waals surface area contributed by atoms with Crippen molar-refractivity contribution in [2.75, 3.05) is 0 Å². The summed E-state index contributed by atoms with van der Waals surface area (Å²) < 4.78 is 0. The van der Waals surface area contributed by atoms with Gasteiger partial charge in [-0.05, 0) is 0 Å². The summed E-state index contributed by atoms with van der Waals surface area (Å²) in [6.07, 6.45) is 18.8. The van der Waals surface area contributed by atoms with Crippen molar-refractivity contribution in [3.8, 4) is 0 Å². The second-order valence-electron chi connectivity index (χ2n) is 5.03. The Morgan fingerprint density at radius 2 is 1.60 bits per heavy atom. The van der Waals surface area contributed by atoms with Crippen LogP contribution in [-0.2, 0) is 26.2 Å². The first-order valence-electron chi connectivity index (χ1n) is 6.26. The fourth-order valence-electron chi connectivity index (χ4n) is 1.26. The van der Waals surface area contributed by atoms with E-state index in [9.17, 15) is 0 Å². The molecule has 0 heterocycles. The predicted octanol–water partition coefficient (Wildman–Crippen LogP) is 5.22. The van der Waals surface area contributed by atoms with Gasteiger partial charge in [0.2, 0.25) is 0 Å². The molecule has 0 spiro atoms. The second-order valence-corrected chi connectivity index (χ2v) is 11.2. The van der Waals surface area contributed by atoms with E-state index >= 15 is 0 Å². The summed E-state index contributed by atoms with van der Waals surface area (Å²) in [7, 11) is -0.255. The third-order valence-corrected chi connectivity index (χ3v) is 4.05. The minimum Gasteiger partial charge on any atom is -0.274 e. The normalized spacial score (nSPS) is 13.6. The minimum atomic E-state index is -1.01. The number of hydrogen-bond acceptors (Lipinski definition) is 0. The average molecular weight is 426 g/mol. The van der Waals surface area contributed by atoms with Crippen molar-refractivity contribution in [1.82, 2.24) is 0 Å². The summed E-state index contributed by atoms with van der Waals surface area (Å²) in [6, 6.07) is 0. The first-order valence-corrected chi connectivity index (χ1v) is 12.1. The molecule has 2 rings (SSSR count). The fourth-order valence-corrected chi connectivity index (χ4v) is 2.51. The van der Waals surface area contributed by atoms with Gasteiger partial charge < -0.3 is 0 Å². The number of halogens is 2. The van der Waals surface area contributed by atoms with Gasteiger partial charge in [0.25, 0.3) is 0 Å². The third-order valence-electron chi connectivity index (χ3n) is 2.09. The van der Waals surface area contributed by atoms with Crippen LogP contribution in [0.15, 0.2) is 35.6 Å². The van der Waals surface area contributed by atoms with Gasteiger partial charge in [-0.3, -0.25) is 12.2 Å². The summed E-state index contributed by atoms with van der Waals surface area (Å²) >= 11 is 0. The van der Waals surface area contributed by atoms with Gasteiger partial charge in [0, 0.05) is 17.6 Å². The molecular formula is C15H27Cl2Si2Zr. The molecule has 2 aliphatic rings. The smallest absolute Gasteiger partial charge is 0.274 e. The molecule has 5 heteroatoms. The van der Waals surface area contributed by atoms with Crippen molar-refractivity contribution < 1.29 is 26.2 Å². The maximum Gasteiger partial charge on any atom is 2.00 e. The molecule has 0 aromatic carbocycles. The monoisotopic (exact) mass is 423 g/mol. The van der Waals surface area contributed by atoms with Gasteiger partial charge in [0.05, 0.1) is 0 Å². The standard InChI is InChI=1S/C8H13Si.C5H5.C2H7Si.2ClH.Zr/c1-9(2,3)8-6-4-5-7-8;1-2-4-5-3-1;1-3-2;;;/h4,6H,5H2,1-3H3;1-3H,4H2;3H,1-2H3;2*1H;/q2*-1;;;;+2. The topological polar surface area (TPSA) is 0 Å². The van der Waals surface area contributed by atoms with E-state index in [1.165, 1.54) is 5.20 Å². The molecule has 0 bridgehead atoms. The van der Waals surface area contributed by atoms with E-state index in [0.29, 0.717) is 0 Å². The largest absolute Gasteiger partial charge is 2.00 e. The van der Waals surface area contributed by atoms with Crippen LogP contribution in [0.4, 0.5) is 0 Å². The minimum absolute atomic E-state index is 0. The first kappa shape index (κ1) is 28.9. The summed E-state index contributed by atoms with van der Waals surface area (Å²) in [5.74, 6) is 0. The molecule has 0 aromatic rings. The van der Waals surface area contributed by atoms with Gasteiger partial charge in [0.15, 0.2) is 0 Å². The molecule has 0 nitrogen and oxygen atoms in total. The quantitative estimate of drug-likeness (QED) is 0.399. The Balaban J connectivity index is -0.000000102. The van der Waals surface area contributed by atoms with Crippen LogP contribution in [0.25, 0.3) is 0 Å². The predicted molar refractivity (Wildman–Crippen MR) is 98.8 cm³/mol. The van der Waals surface area contributed by atoms with Crippen molar-refractivity contribution >= 4 is 42.4 Å². The Labute approximate surface area is 161 Å². The van der Waals surface area contributed by atoms with Gasteiger partial charge in [-0.15, -0.1) is 37.7 Å². The molecule has 0 saturated carbocycles. The molecule has 20 heavy (non-hydrogen) atoms. The molecular weight excluding hydrogens is 398 g/mol. The Morgan fingerprint density at radius 1 is 1.05 bits per heavy atom. The van der Waals surface area contributed by atoms with Crippen molar-refractivity contribution in [3.63, 3.8) is 0 Å². The first-order chi connectivity index (χ1) is 8.02. The van der Waals surface area contributed by atoms with Crippen LogP contribution in [0.1, 0.15) is 12.8 Å². The zero-order valence-corrected chi connectivity index (χ0v) is 19.4. The molecule has 0 unspecified atom stereocenters. The van der Waals surface area contributed by atoms with Crippen LogP contribution in [0, 0.1) is 12.2 Å². The van der Waals surface area contributed by atoms with Gasteiger partial charge in [0.1, 0.15) is 0 Å². The maximum atomic E-state index is 3.36. The summed E-state index contributed by atoms with van der Waals surface area (Å²) in [5.41, 5.74) is 0. The Bertz CT molecular complexity index is 306. The molecule has 113 valence electrons. The summed E-state index contributed by atoms with van der Waals surface area (Å²) in [5, 5.41) is 1.49. The van der Waals surface area contributed by atoms with E-state index in [2.05, 4.69) is 63.1 Å². The average Bonchev–Trinajstić information content (AvgIpc) is 2.95. The molecule has 0 aliphatic heterocycles. The van der Waals surface area contributed by atoms with Crippen LogP contribution >= 0.6 is 24.8 Å². The summed E-state index contributed by atoms with van der Waals surface area (Å²) in [4.78, 5) is 0. The molecule has 0 N–H and O–H groups in total. The van der Waals surface area contributed by atoms with Crippen LogP contribution in [-0.4, -0.2) is 17.6 Å². The molecule has 1 radical (unpaired) electrons. The van der Waals surface area contributed by atoms with Gasteiger partial charge in [-0.2, -0.15) is 12.2 Å². The molecule has 0 amide bonds. The third kappa shape index (κ3) is 16.9. The zero-order chi connectivity index (χ0) is 13.1. The maximum absolute atomic E-state index is 3.36. The fraction of sp³-hybridized carbons (Fsp3) is 0.467. The Morgan fingerprint density at radius 3 is 1.75 bits per heavy atom. The number of allylic oxidation sites excluding steroid dienone is 8. The van der Waals surface area contributed by atoms with Crippen molar-refractivity contribution in [2.45, 2.75) is 45.6 Å². The Hall–Kier alpha value is 0.857. The number of rotatable bonds is 1. The van der Waals surface area contributed by atoms with E-state index in [0.717, 1.165) is 22.4 Å². The second kappa shape index (κ2) is 17.9. The van der Waals surface area contributed by atoms with Crippen LogP contribution < -0.4 is 0 Å². The number of hydrogen-bond donors (Lipinski definition) is 0. The zero-order valence-electron chi connectivity index (χ0n) is 13.2. The van der Waals surface area contributed by atoms with Gasteiger partial charge >= 0.3 is 26.2 Å². The van der Waals surface area contributed by atoms with Crippen molar-refractivity contribution in [2.24, 2.45) is 0 Å².